The molecule has 0 bridgehead atoms. The highest BCUT2D eigenvalue weighted by Crippen LogP contribution is 2.18. The minimum absolute atomic E-state index is 0.0876. The monoisotopic (exact) mass is 374 g/mol. The van der Waals surface area contributed by atoms with E-state index in [4.69, 9.17) is 4.74 Å². The van der Waals surface area contributed by atoms with Gasteiger partial charge in [-0.3, -0.25) is 4.79 Å². The molecule has 2 aromatic rings. The molecule has 0 saturated heterocycles. The maximum Gasteiger partial charge on any atom is 0.268 e. The number of rotatable bonds is 8. The second kappa shape index (κ2) is 9.16. The van der Waals surface area contributed by atoms with Crippen LogP contribution in [0, 0.1) is 5.82 Å². The van der Waals surface area contributed by atoms with Crippen molar-refractivity contribution in [3.8, 4) is 0 Å². The van der Waals surface area contributed by atoms with E-state index in [-0.39, 0.29) is 18.3 Å². The van der Waals surface area contributed by atoms with E-state index in [1.165, 1.54) is 12.1 Å². The van der Waals surface area contributed by atoms with E-state index in [1.54, 1.807) is 25.1 Å². The van der Waals surface area contributed by atoms with Gasteiger partial charge in [0.05, 0.1) is 6.04 Å². The molecule has 1 heterocycles. The molecule has 1 amide bonds. The van der Waals surface area contributed by atoms with Gasteiger partial charge in [0, 0.05) is 16.5 Å². The third kappa shape index (κ3) is 5.54. The molecule has 1 aromatic heterocycles. The Morgan fingerprint density at radius 3 is 2.74 bits per heavy atom. The number of hydrogen-bond acceptors (Lipinski definition) is 2. The molecule has 1 atom stereocenters. The van der Waals surface area contributed by atoms with Crippen molar-refractivity contribution in [1.82, 2.24) is 10.3 Å². The molecule has 4 nitrogen and oxygen atoms in total. The van der Waals surface area contributed by atoms with E-state index in [0.717, 1.165) is 5.57 Å². The number of amides is 1. The Morgan fingerprint density at radius 2 is 2.07 bits per heavy atom. The summed E-state index contributed by atoms with van der Waals surface area (Å²) in [5.74, 6) is -0.304. The van der Waals surface area contributed by atoms with Gasteiger partial charge in [-0.2, -0.15) is 0 Å². The average Bonchev–Trinajstić information content (AvgIpc) is 3.04. The SMILES string of the molecule is C=C(/C(=C\C=C(C)C)OCCF)C(C)NC(=O)c1cc2cc(F)ccc2[nH]1. The first-order valence-electron chi connectivity index (χ1n) is 8.64. The number of allylic oxidation sites excluding steroid dienone is 3. The van der Waals surface area contributed by atoms with Crippen molar-refractivity contribution < 1.29 is 18.3 Å². The number of alkyl halides is 1. The highest BCUT2D eigenvalue weighted by molar-refractivity contribution is 5.98. The summed E-state index contributed by atoms with van der Waals surface area (Å²) in [6.07, 6.45) is 3.54. The first-order chi connectivity index (χ1) is 12.8. The van der Waals surface area contributed by atoms with Crippen LogP contribution in [0.25, 0.3) is 10.9 Å². The van der Waals surface area contributed by atoms with Crippen molar-refractivity contribution in [2.45, 2.75) is 26.8 Å². The zero-order valence-electron chi connectivity index (χ0n) is 15.7. The number of H-pyrrole nitrogens is 1. The number of nitrogens with one attached hydrogen (secondary N) is 2. The van der Waals surface area contributed by atoms with Gasteiger partial charge in [0.15, 0.2) is 0 Å². The molecule has 0 fully saturated rings. The van der Waals surface area contributed by atoms with Crippen molar-refractivity contribution in [1.29, 1.82) is 0 Å². The topological polar surface area (TPSA) is 54.1 Å². The number of halogens is 2. The molecular weight excluding hydrogens is 350 g/mol. The van der Waals surface area contributed by atoms with Crippen molar-refractivity contribution >= 4 is 16.8 Å². The fourth-order valence-corrected chi connectivity index (χ4v) is 2.44. The van der Waals surface area contributed by atoms with Gasteiger partial charge in [-0.1, -0.05) is 18.2 Å². The van der Waals surface area contributed by atoms with E-state index in [1.807, 2.05) is 19.9 Å². The Hall–Kier alpha value is -2.89. The van der Waals surface area contributed by atoms with Gasteiger partial charge in [0.1, 0.15) is 30.6 Å². The number of hydrogen-bond donors (Lipinski definition) is 2. The Balaban J connectivity index is 2.13. The predicted octanol–water partition coefficient (Wildman–Crippen LogP) is 4.82. The zero-order valence-corrected chi connectivity index (χ0v) is 15.7. The summed E-state index contributed by atoms with van der Waals surface area (Å²) in [5.41, 5.74) is 2.56. The molecule has 2 rings (SSSR count). The Morgan fingerprint density at radius 1 is 1.33 bits per heavy atom. The summed E-state index contributed by atoms with van der Waals surface area (Å²) in [6, 6.07) is 5.40. The highest BCUT2D eigenvalue weighted by atomic mass is 19.1. The molecule has 0 aliphatic heterocycles. The third-order valence-corrected chi connectivity index (χ3v) is 3.92. The summed E-state index contributed by atoms with van der Waals surface area (Å²) in [4.78, 5) is 15.5. The van der Waals surface area contributed by atoms with Crippen LogP contribution in [0.4, 0.5) is 8.78 Å². The lowest BCUT2D eigenvalue weighted by Gasteiger charge is -2.19. The number of carbonyl (C=O) groups is 1. The van der Waals surface area contributed by atoms with Gasteiger partial charge in [0.2, 0.25) is 0 Å². The second-order valence-electron chi connectivity index (χ2n) is 6.45. The molecular formula is C21H24F2N2O2. The summed E-state index contributed by atoms with van der Waals surface area (Å²) in [6.45, 7) is 8.88. The van der Waals surface area contributed by atoms with Gasteiger partial charge in [-0.25, -0.2) is 8.78 Å². The van der Waals surface area contributed by atoms with Crippen molar-refractivity contribution in [3.63, 3.8) is 0 Å². The van der Waals surface area contributed by atoms with Crippen LogP contribution in [0.3, 0.4) is 0 Å². The average molecular weight is 374 g/mol. The molecule has 1 aromatic carbocycles. The lowest BCUT2D eigenvalue weighted by atomic mass is 10.1. The molecule has 27 heavy (non-hydrogen) atoms. The molecule has 6 heteroatoms. The second-order valence-corrected chi connectivity index (χ2v) is 6.45. The standard InChI is InChI=1S/C21H24F2N2O2/c1-13(2)5-8-20(27-10-9-22)14(3)15(4)24-21(26)19-12-16-11-17(23)6-7-18(16)25-19/h5-8,11-12,15,25H,3,9-10H2,1-2,4H3,(H,24,26)/b20-8+. The van der Waals surface area contributed by atoms with Crippen LogP contribution in [0.15, 0.2) is 59.9 Å². The summed E-state index contributed by atoms with van der Waals surface area (Å²) in [5, 5.41) is 3.43. The van der Waals surface area contributed by atoms with E-state index >= 15 is 0 Å². The fraction of sp³-hybridized carbons (Fsp3) is 0.286. The highest BCUT2D eigenvalue weighted by Gasteiger charge is 2.17. The predicted molar refractivity (Wildman–Crippen MR) is 104 cm³/mol. The molecule has 0 aliphatic rings. The van der Waals surface area contributed by atoms with Crippen LogP contribution in [0.1, 0.15) is 31.3 Å². The molecule has 0 aliphatic carbocycles. The lowest BCUT2D eigenvalue weighted by molar-refractivity contribution is 0.0939. The third-order valence-electron chi connectivity index (χ3n) is 3.92. The number of aromatic nitrogens is 1. The van der Waals surface area contributed by atoms with Crippen molar-refractivity contribution in [3.05, 3.63) is 71.4 Å². The molecule has 144 valence electrons. The minimum atomic E-state index is -0.619. The van der Waals surface area contributed by atoms with Gasteiger partial charge in [-0.05, 0) is 51.1 Å². The first kappa shape index (κ1) is 20.4. The number of aromatic amines is 1. The van der Waals surface area contributed by atoms with E-state index < -0.39 is 12.7 Å². The van der Waals surface area contributed by atoms with Crippen LogP contribution in [-0.2, 0) is 4.74 Å². The van der Waals surface area contributed by atoms with Gasteiger partial charge in [-0.15, -0.1) is 0 Å². The van der Waals surface area contributed by atoms with Crippen molar-refractivity contribution in [2.75, 3.05) is 13.3 Å². The minimum Gasteiger partial charge on any atom is -0.491 e. The van der Waals surface area contributed by atoms with Crippen LogP contribution in [0.5, 0.6) is 0 Å². The first-order valence-corrected chi connectivity index (χ1v) is 8.64. The Labute approximate surface area is 157 Å². The molecule has 0 saturated carbocycles. The fourth-order valence-electron chi connectivity index (χ4n) is 2.44. The maximum absolute atomic E-state index is 13.3. The summed E-state index contributed by atoms with van der Waals surface area (Å²) < 4.78 is 31.2. The van der Waals surface area contributed by atoms with Crippen LogP contribution >= 0.6 is 0 Å². The Bertz CT molecular complexity index is 893. The van der Waals surface area contributed by atoms with Gasteiger partial charge in [0.25, 0.3) is 5.91 Å². The molecule has 2 N–H and O–H groups in total. The van der Waals surface area contributed by atoms with Crippen LogP contribution < -0.4 is 5.32 Å². The Kier molecular flexibility index (Phi) is 6.93. The van der Waals surface area contributed by atoms with Crippen molar-refractivity contribution in [2.24, 2.45) is 0 Å². The summed E-state index contributed by atoms with van der Waals surface area (Å²) >= 11 is 0. The molecule has 1 unspecified atom stereocenters. The quantitative estimate of drug-likeness (QED) is 0.514. The van der Waals surface area contributed by atoms with Crippen LogP contribution in [-0.4, -0.2) is 30.2 Å². The van der Waals surface area contributed by atoms with Gasteiger partial charge < -0.3 is 15.0 Å². The summed E-state index contributed by atoms with van der Waals surface area (Å²) in [7, 11) is 0. The van der Waals surface area contributed by atoms with E-state index in [2.05, 4.69) is 16.9 Å². The lowest BCUT2D eigenvalue weighted by Crippen LogP contribution is -2.34. The normalized spacial score (nSPS) is 12.6. The number of fused-ring (bicyclic) bond motifs is 1. The van der Waals surface area contributed by atoms with Crippen LogP contribution in [0.2, 0.25) is 0 Å². The smallest absolute Gasteiger partial charge is 0.268 e. The maximum atomic E-state index is 13.3. The number of carbonyl (C=O) groups excluding carboxylic acids is 1. The number of benzene rings is 1. The van der Waals surface area contributed by atoms with E-state index in [9.17, 15) is 13.6 Å². The molecule has 0 radical (unpaired) electrons. The van der Waals surface area contributed by atoms with E-state index in [0.29, 0.717) is 27.9 Å². The largest absolute Gasteiger partial charge is 0.491 e. The zero-order chi connectivity index (χ0) is 20.0. The molecule has 0 spiro atoms. The number of ether oxygens (including phenoxy) is 1. The van der Waals surface area contributed by atoms with Gasteiger partial charge >= 0.3 is 0 Å².